The molecule has 0 saturated heterocycles. The van der Waals surface area contributed by atoms with Gasteiger partial charge < -0.3 is 20.6 Å². The van der Waals surface area contributed by atoms with Gasteiger partial charge in [0.15, 0.2) is 5.69 Å². The number of nitrogens with zero attached hydrogens (tertiary/aromatic N) is 3. The maximum absolute atomic E-state index is 12.7. The zero-order valence-corrected chi connectivity index (χ0v) is 12.5. The Bertz CT molecular complexity index is 702. The highest BCUT2D eigenvalue weighted by Gasteiger charge is 2.30. The van der Waals surface area contributed by atoms with Gasteiger partial charge in [-0.05, 0) is 28.5 Å². The second-order valence-electron chi connectivity index (χ2n) is 4.53. The van der Waals surface area contributed by atoms with E-state index in [9.17, 15) is 13.2 Å². The maximum Gasteiger partial charge on any atom is 0.416 e. The van der Waals surface area contributed by atoms with Crippen LogP contribution in [0.15, 0.2) is 34.1 Å². The van der Waals surface area contributed by atoms with Crippen LogP contribution in [0.5, 0.6) is 0 Å². The molecule has 8 nitrogen and oxygen atoms in total. The predicted octanol–water partition coefficient (Wildman–Crippen LogP) is 2.39. The average Bonchev–Trinajstić information content (AvgIpc) is 3.01. The smallest absolute Gasteiger partial charge is 0.409 e. The maximum atomic E-state index is 12.7. The van der Waals surface area contributed by atoms with Gasteiger partial charge in [0.05, 0.1) is 12.2 Å². The van der Waals surface area contributed by atoms with Crippen LogP contribution >= 0.6 is 0 Å². The van der Waals surface area contributed by atoms with E-state index in [0.29, 0.717) is 13.2 Å². The lowest BCUT2D eigenvalue weighted by atomic mass is 10.2. The summed E-state index contributed by atoms with van der Waals surface area (Å²) in [7, 11) is 1.51. The van der Waals surface area contributed by atoms with Gasteiger partial charge in [0.1, 0.15) is 0 Å². The van der Waals surface area contributed by atoms with E-state index >= 15 is 0 Å². The van der Waals surface area contributed by atoms with E-state index in [4.69, 9.17) is 9.94 Å². The van der Waals surface area contributed by atoms with E-state index in [1.54, 1.807) is 0 Å². The van der Waals surface area contributed by atoms with Crippen LogP contribution in [0.4, 0.5) is 24.7 Å². The summed E-state index contributed by atoms with van der Waals surface area (Å²) in [6.07, 6.45) is -4.49. The molecule has 1 heterocycles. The van der Waals surface area contributed by atoms with Crippen molar-refractivity contribution in [1.29, 1.82) is 0 Å². The lowest BCUT2D eigenvalue weighted by Crippen LogP contribution is -2.18. The van der Waals surface area contributed by atoms with Crippen molar-refractivity contribution in [3.63, 3.8) is 0 Å². The Morgan fingerprint density at radius 1 is 1.38 bits per heavy atom. The van der Waals surface area contributed by atoms with Crippen LogP contribution in [-0.2, 0) is 10.9 Å². The third-order valence-electron chi connectivity index (χ3n) is 2.86. The first-order chi connectivity index (χ1) is 11.5. The van der Waals surface area contributed by atoms with Crippen LogP contribution in [-0.4, -0.2) is 41.6 Å². The third kappa shape index (κ3) is 4.35. The van der Waals surface area contributed by atoms with Crippen molar-refractivity contribution in [3.05, 3.63) is 35.5 Å². The Hall–Kier alpha value is -2.82. The van der Waals surface area contributed by atoms with Gasteiger partial charge in [-0.15, -0.1) is 0 Å². The number of amidine groups is 1. The Morgan fingerprint density at radius 2 is 2.17 bits per heavy atom. The molecule has 0 aliphatic rings. The summed E-state index contributed by atoms with van der Waals surface area (Å²) in [5, 5.41) is 24.6. The standard InChI is InChI=1S/C13H14F3N5O3/c1-23-6-5-17-11-10(20-24-21-11)12(19-22)18-9-4-2-3-8(7-9)13(14,15)16/h2-4,7,22H,5-6H2,1H3,(H,17,21)(H,18,19). The second kappa shape index (κ2) is 7.64. The fourth-order valence-electron chi connectivity index (χ4n) is 1.77. The van der Waals surface area contributed by atoms with Crippen molar-refractivity contribution in [3.8, 4) is 0 Å². The Kier molecular flexibility index (Phi) is 5.58. The molecule has 0 aliphatic heterocycles. The lowest BCUT2D eigenvalue weighted by Gasteiger charge is -2.11. The summed E-state index contributed by atoms with van der Waals surface area (Å²) in [5.74, 6) is -0.0742. The number of hydrogen-bond acceptors (Lipinski definition) is 7. The fraction of sp³-hybridized carbons (Fsp3) is 0.308. The SMILES string of the molecule is COCCNc1nonc1/C(=N/O)Nc1cccc(C(F)(F)F)c1. The number of rotatable bonds is 6. The van der Waals surface area contributed by atoms with Gasteiger partial charge in [-0.1, -0.05) is 11.2 Å². The first-order valence-electron chi connectivity index (χ1n) is 6.67. The molecule has 0 atom stereocenters. The molecule has 0 spiro atoms. The second-order valence-corrected chi connectivity index (χ2v) is 4.53. The number of oxime groups is 1. The van der Waals surface area contributed by atoms with Crippen LogP contribution < -0.4 is 10.6 Å². The number of nitrogens with one attached hydrogen (secondary N) is 2. The molecule has 24 heavy (non-hydrogen) atoms. The number of alkyl halides is 3. The molecule has 0 saturated carbocycles. The van der Waals surface area contributed by atoms with E-state index in [1.165, 1.54) is 19.2 Å². The van der Waals surface area contributed by atoms with Crippen molar-refractivity contribution < 1.29 is 27.7 Å². The average molecular weight is 345 g/mol. The monoisotopic (exact) mass is 345 g/mol. The molecular weight excluding hydrogens is 331 g/mol. The van der Waals surface area contributed by atoms with Crippen molar-refractivity contribution in [2.24, 2.45) is 5.16 Å². The molecule has 0 bridgehead atoms. The molecule has 11 heteroatoms. The lowest BCUT2D eigenvalue weighted by molar-refractivity contribution is -0.137. The van der Waals surface area contributed by atoms with E-state index < -0.39 is 11.7 Å². The van der Waals surface area contributed by atoms with Crippen molar-refractivity contribution in [1.82, 2.24) is 10.3 Å². The predicted molar refractivity (Wildman–Crippen MR) is 78.1 cm³/mol. The minimum Gasteiger partial charge on any atom is -0.409 e. The number of anilines is 2. The van der Waals surface area contributed by atoms with Gasteiger partial charge in [-0.3, -0.25) is 0 Å². The number of ether oxygens (including phenoxy) is 1. The summed E-state index contributed by atoms with van der Waals surface area (Å²) in [6, 6.07) is 4.40. The summed E-state index contributed by atoms with van der Waals surface area (Å²) in [4.78, 5) is 0. The highest BCUT2D eigenvalue weighted by molar-refractivity contribution is 6.09. The van der Waals surface area contributed by atoms with Gasteiger partial charge >= 0.3 is 6.18 Å². The van der Waals surface area contributed by atoms with Gasteiger partial charge in [0, 0.05) is 19.3 Å². The Morgan fingerprint density at radius 3 is 2.83 bits per heavy atom. The number of aromatic nitrogens is 2. The summed E-state index contributed by atoms with van der Waals surface area (Å²) < 4.78 is 47.6. The zero-order chi connectivity index (χ0) is 17.6. The Balaban J connectivity index is 2.18. The largest absolute Gasteiger partial charge is 0.416 e. The minimum atomic E-state index is -4.49. The van der Waals surface area contributed by atoms with Gasteiger partial charge in [-0.2, -0.15) is 13.2 Å². The Labute approximate surface area is 134 Å². The van der Waals surface area contributed by atoms with Gasteiger partial charge in [-0.25, -0.2) is 4.63 Å². The molecule has 0 fully saturated rings. The number of hydrogen-bond donors (Lipinski definition) is 3. The quantitative estimate of drug-likeness (QED) is 0.243. The normalized spacial score (nSPS) is 12.2. The first-order valence-corrected chi connectivity index (χ1v) is 6.67. The van der Waals surface area contributed by atoms with E-state index in [1.807, 2.05) is 0 Å². The van der Waals surface area contributed by atoms with Gasteiger partial charge in [0.2, 0.25) is 11.7 Å². The molecule has 2 aromatic rings. The highest BCUT2D eigenvalue weighted by atomic mass is 19.4. The molecule has 130 valence electrons. The van der Waals surface area contributed by atoms with Gasteiger partial charge in [0.25, 0.3) is 0 Å². The van der Waals surface area contributed by atoms with Crippen molar-refractivity contribution in [2.45, 2.75) is 6.18 Å². The summed E-state index contributed by atoms with van der Waals surface area (Å²) in [5.41, 5.74) is -0.781. The fourth-order valence-corrected chi connectivity index (χ4v) is 1.77. The van der Waals surface area contributed by atoms with Crippen molar-refractivity contribution in [2.75, 3.05) is 30.9 Å². The van der Waals surface area contributed by atoms with Crippen LogP contribution in [0.3, 0.4) is 0 Å². The van der Waals surface area contributed by atoms with Crippen LogP contribution in [0.1, 0.15) is 11.3 Å². The molecular formula is C13H14F3N5O3. The first kappa shape index (κ1) is 17.5. The third-order valence-corrected chi connectivity index (χ3v) is 2.86. The molecule has 0 aliphatic carbocycles. The molecule has 0 amide bonds. The van der Waals surface area contributed by atoms with E-state index in [2.05, 4.69) is 30.7 Å². The molecule has 0 unspecified atom stereocenters. The summed E-state index contributed by atoms with van der Waals surface area (Å²) >= 11 is 0. The number of halogens is 3. The molecule has 0 radical (unpaired) electrons. The number of methoxy groups -OCH3 is 1. The van der Waals surface area contributed by atoms with Crippen LogP contribution in [0.25, 0.3) is 0 Å². The van der Waals surface area contributed by atoms with E-state index in [-0.39, 0.29) is 23.0 Å². The number of benzene rings is 1. The molecule has 1 aromatic carbocycles. The highest BCUT2D eigenvalue weighted by Crippen LogP contribution is 2.30. The van der Waals surface area contributed by atoms with Crippen LogP contribution in [0, 0.1) is 0 Å². The van der Waals surface area contributed by atoms with Crippen molar-refractivity contribution >= 4 is 17.3 Å². The minimum absolute atomic E-state index is 0.00557. The summed E-state index contributed by atoms with van der Waals surface area (Å²) in [6.45, 7) is 0.749. The molecule has 1 aromatic heterocycles. The molecule has 2 rings (SSSR count). The topological polar surface area (TPSA) is 105 Å². The van der Waals surface area contributed by atoms with Crippen LogP contribution in [0.2, 0.25) is 0 Å². The molecule has 3 N–H and O–H groups in total. The zero-order valence-electron chi connectivity index (χ0n) is 12.5. The van der Waals surface area contributed by atoms with E-state index in [0.717, 1.165) is 12.1 Å².